The van der Waals surface area contributed by atoms with Crippen molar-refractivity contribution in [2.75, 3.05) is 11.1 Å². The van der Waals surface area contributed by atoms with Crippen LogP contribution in [0.4, 0.5) is 21.5 Å². The zero-order valence-corrected chi connectivity index (χ0v) is 8.94. The fourth-order valence-electron chi connectivity index (χ4n) is 1.48. The molecule has 0 bridgehead atoms. The molecule has 3 N–H and O–H groups in total. The van der Waals surface area contributed by atoms with Crippen LogP contribution in [-0.2, 0) is 0 Å². The maximum absolute atomic E-state index is 13.5. The highest BCUT2D eigenvalue weighted by molar-refractivity contribution is 5.73. The van der Waals surface area contributed by atoms with Gasteiger partial charge in [0.15, 0.2) is 0 Å². The molecule has 0 saturated heterocycles. The SMILES string of the molecule is N#Cc1cccc(Nc2c(N)cccc2F)c1. The van der Waals surface area contributed by atoms with Gasteiger partial charge in [0.25, 0.3) is 0 Å². The molecule has 17 heavy (non-hydrogen) atoms. The van der Waals surface area contributed by atoms with E-state index < -0.39 is 5.82 Å². The van der Waals surface area contributed by atoms with Crippen molar-refractivity contribution in [2.45, 2.75) is 0 Å². The normalized spacial score (nSPS) is 9.65. The largest absolute Gasteiger partial charge is 0.397 e. The van der Waals surface area contributed by atoms with E-state index in [4.69, 9.17) is 11.0 Å². The quantitative estimate of drug-likeness (QED) is 0.775. The van der Waals surface area contributed by atoms with Crippen LogP contribution in [0.15, 0.2) is 42.5 Å². The molecule has 0 aliphatic carbocycles. The van der Waals surface area contributed by atoms with Crippen LogP contribution in [-0.4, -0.2) is 0 Å². The highest BCUT2D eigenvalue weighted by Crippen LogP contribution is 2.26. The highest BCUT2D eigenvalue weighted by Gasteiger charge is 2.06. The van der Waals surface area contributed by atoms with E-state index in [0.717, 1.165) is 0 Å². The predicted octanol–water partition coefficient (Wildman–Crippen LogP) is 3.02. The van der Waals surface area contributed by atoms with E-state index in [0.29, 0.717) is 16.9 Å². The summed E-state index contributed by atoms with van der Waals surface area (Å²) in [5.74, 6) is -0.424. The first-order chi connectivity index (χ1) is 8.20. The van der Waals surface area contributed by atoms with E-state index >= 15 is 0 Å². The second-order valence-electron chi connectivity index (χ2n) is 3.52. The van der Waals surface area contributed by atoms with Crippen LogP contribution in [0.2, 0.25) is 0 Å². The number of hydrogen-bond acceptors (Lipinski definition) is 3. The van der Waals surface area contributed by atoms with Crippen LogP contribution in [0.3, 0.4) is 0 Å². The first-order valence-electron chi connectivity index (χ1n) is 5.02. The molecule has 0 unspecified atom stereocenters. The molecule has 0 radical (unpaired) electrons. The molecule has 0 aliphatic rings. The first kappa shape index (κ1) is 11.0. The Bertz CT molecular complexity index is 567. The van der Waals surface area contributed by atoms with Gasteiger partial charge in [-0.2, -0.15) is 5.26 Å². The van der Waals surface area contributed by atoms with Crippen molar-refractivity contribution in [3.8, 4) is 6.07 Å². The second-order valence-corrected chi connectivity index (χ2v) is 3.52. The number of anilines is 3. The minimum Gasteiger partial charge on any atom is -0.397 e. The number of nitrogen functional groups attached to an aromatic ring is 1. The molecule has 2 aromatic carbocycles. The summed E-state index contributed by atoms with van der Waals surface area (Å²) < 4.78 is 13.5. The van der Waals surface area contributed by atoms with E-state index in [1.165, 1.54) is 6.07 Å². The monoisotopic (exact) mass is 227 g/mol. The number of hydrogen-bond donors (Lipinski definition) is 2. The third kappa shape index (κ3) is 2.34. The van der Waals surface area contributed by atoms with Crippen molar-refractivity contribution in [1.29, 1.82) is 5.26 Å². The van der Waals surface area contributed by atoms with Gasteiger partial charge in [0, 0.05) is 5.69 Å². The van der Waals surface area contributed by atoms with Gasteiger partial charge in [-0.1, -0.05) is 12.1 Å². The van der Waals surface area contributed by atoms with Gasteiger partial charge in [-0.15, -0.1) is 0 Å². The molecule has 84 valence electrons. The van der Waals surface area contributed by atoms with E-state index in [9.17, 15) is 4.39 Å². The Kier molecular flexibility index (Phi) is 2.93. The molecular formula is C13H10FN3. The molecule has 0 aromatic heterocycles. The van der Waals surface area contributed by atoms with Gasteiger partial charge in [-0.05, 0) is 30.3 Å². The molecule has 0 saturated carbocycles. The number of rotatable bonds is 2. The average molecular weight is 227 g/mol. The first-order valence-corrected chi connectivity index (χ1v) is 5.02. The summed E-state index contributed by atoms with van der Waals surface area (Å²) >= 11 is 0. The molecule has 0 spiro atoms. The summed E-state index contributed by atoms with van der Waals surface area (Å²) in [6.07, 6.45) is 0. The van der Waals surface area contributed by atoms with Crippen LogP contribution in [0.5, 0.6) is 0 Å². The van der Waals surface area contributed by atoms with Crippen LogP contribution in [0, 0.1) is 17.1 Å². The molecule has 2 aromatic rings. The lowest BCUT2D eigenvalue weighted by molar-refractivity contribution is 0.632. The third-order valence-corrected chi connectivity index (χ3v) is 2.31. The van der Waals surface area contributed by atoms with Crippen molar-refractivity contribution >= 4 is 17.1 Å². The minimum absolute atomic E-state index is 0.225. The summed E-state index contributed by atoms with van der Waals surface area (Å²) in [5.41, 5.74) is 7.35. The van der Waals surface area contributed by atoms with Crippen LogP contribution >= 0.6 is 0 Å². The van der Waals surface area contributed by atoms with Gasteiger partial charge < -0.3 is 11.1 Å². The smallest absolute Gasteiger partial charge is 0.148 e. The Balaban J connectivity index is 2.35. The van der Waals surface area contributed by atoms with Crippen LogP contribution < -0.4 is 11.1 Å². The van der Waals surface area contributed by atoms with E-state index in [-0.39, 0.29) is 5.69 Å². The van der Waals surface area contributed by atoms with Crippen molar-refractivity contribution < 1.29 is 4.39 Å². The maximum atomic E-state index is 13.5. The lowest BCUT2D eigenvalue weighted by Crippen LogP contribution is -1.99. The standard InChI is InChI=1S/C13H10FN3/c14-11-5-2-6-12(16)13(11)17-10-4-1-3-9(7-10)8-15/h1-7,17H,16H2. The lowest BCUT2D eigenvalue weighted by Gasteiger charge is -2.10. The van der Waals surface area contributed by atoms with Crippen molar-refractivity contribution in [3.05, 3.63) is 53.8 Å². The number of nitriles is 1. The van der Waals surface area contributed by atoms with Gasteiger partial charge in [0.05, 0.1) is 23.0 Å². The van der Waals surface area contributed by atoms with Crippen molar-refractivity contribution in [2.24, 2.45) is 0 Å². The Morgan fingerprint density at radius 2 is 1.94 bits per heavy atom. The fourth-order valence-corrected chi connectivity index (χ4v) is 1.48. The third-order valence-electron chi connectivity index (χ3n) is 2.31. The van der Waals surface area contributed by atoms with Crippen LogP contribution in [0.1, 0.15) is 5.56 Å². The van der Waals surface area contributed by atoms with Gasteiger partial charge >= 0.3 is 0 Å². The molecule has 2 rings (SSSR count). The van der Waals surface area contributed by atoms with Gasteiger partial charge in [0.2, 0.25) is 0 Å². The number of benzene rings is 2. The van der Waals surface area contributed by atoms with E-state index in [2.05, 4.69) is 5.32 Å². The topological polar surface area (TPSA) is 61.8 Å². The zero-order chi connectivity index (χ0) is 12.3. The number of nitrogens with two attached hydrogens (primary N) is 1. The number of nitrogens with one attached hydrogen (secondary N) is 1. The summed E-state index contributed by atoms with van der Waals surface area (Å²) in [4.78, 5) is 0. The Hall–Kier alpha value is -2.54. The van der Waals surface area contributed by atoms with E-state index in [1.54, 1.807) is 36.4 Å². The predicted molar refractivity (Wildman–Crippen MR) is 65.3 cm³/mol. The molecule has 0 atom stereocenters. The summed E-state index contributed by atoms with van der Waals surface area (Å²) in [7, 11) is 0. The Morgan fingerprint density at radius 1 is 1.18 bits per heavy atom. The molecule has 3 nitrogen and oxygen atoms in total. The molecule has 0 fully saturated rings. The summed E-state index contributed by atoms with van der Waals surface area (Å²) in [6.45, 7) is 0. The Morgan fingerprint density at radius 3 is 2.65 bits per heavy atom. The van der Waals surface area contributed by atoms with E-state index in [1.807, 2.05) is 6.07 Å². The van der Waals surface area contributed by atoms with Gasteiger partial charge in [-0.25, -0.2) is 4.39 Å². The van der Waals surface area contributed by atoms with Crippen molar-refractivity contribution in [3.63, 3.8) is 0 Å². The molecule has 0 heterocycles. The van der Waals surface area contributed by atoms with Gasteiger partial charge in [0.1, 0.15) is 5.82 Å². The summed E-state index contributed by atoms with van der Waals surface area (Å²) in [6, 6.07) is 13.3. The number of para-hydroxylation sites is 1. The zero-order valence-electron chi connectivity index (χ0n) is 8.94. The molecular weight excluding hydrogens is 217 g/mol. The summed E-state index contributed by atoms with van der Waals surface area (Å²) in [5, 5.41) is 11.6. The minimum atomic E-state index is -0.424. The average Bonchev–Trinajstić information content (AvgIpc) is 2.34. The number of nitrogens with zero attached hydrogens (tertiary/aromatic N) is 1. The van der Waals surface area contributed by atoms with Crippen molar-refractivity contribution in [1.82, 2.24) is 0 Å². The molecule has 0 aliphatic heterocycles. The second kappa shape index (κ2) is 4.54. The highest BCUT2D eigenvalue weighted by atomic mass is 19.1. The molecule has 0 amide bonds. The fraction of sp³-hybridized carbons (Fsp3) is 0. The maximum Gasteiger partial charge on any atom is 0.148 e. The lowest BCUT2D eigenvalue weighted by atomic mass is 10.2. The van der Waals surface area contributed by atoms with Gasteiger partial charge in [-0.3, -0.25) is 0 Å². The number of halogens is 1. The molecule has 4 heteroatoms. The van der Waals surface area contributed by atoms with Crippen LogP contribution in [0.25, 0.3) is 0 Å². The Labute approximate surface area is 98.3 Å².